The molecule has 1 heterocycles. The highest BCUT2D eigenvalue weighted by atomic mass is 127. The fourth-order valence-electron chi connectivity index (χ4n) is 1.92. The van der Waals surface area contributed by atoms with Crippen LogP contribution in [-0.4, -0.2) is 36.4 Å². The molecule has 0 amide bonds. The van der Waals surface area contributed by atoms with Gasteiger partial charge in [0.2, 0.25) is 0 Å². The Hall–Kier alpha value is -0.690. The minimum Gasteiger partial charge on any atom is -0.367 e. The summed E-state index contributed by atoms with van der Waals surface area (Å²) in [5.74, 6) is -0.334. The van der Waals surface area contributed by atoms with Gasteiger partial charge in [0.15, 0.2) is 5.78 Å². The van der Waals surface area contributed by atoms with Gasteiger partial charge in [0.05, 0.1) is 10.1 Å². The molecule has 0 saturated carbocycles. The summed E-state index contributed by atoms with van der Waals surface area (Å²) < 4.78 is 14.3. The Balaban J connectivity index is 2.21. The lowest BCUT2D eigenvalue weighted by atomic mass is 10.1. The van der Waals surface area contributed by atoms with Crippen LogP contribution in [0.4, 0.5) is 10.1 Å². The van der Waals surface area contributed by atoms with Crippen LogP contribution in [0.3, 0.4) is 0 Å². The molecule has 1 aromatic carbocycles. The predicted molar refractivity (Wildman–Crippen MR) is 74.7 cm³/mol. The summed E-state index contributed by atoms with van der Waals surface area (Å²) in [7, 11) is 0. The summed E-state index contributed by atoms with van der Waals surface area (Å²) in [6.45, 7) is 3.34. The monoisotopic (exact) mass is 348 g/mol. The summed E-state index contributed by atoms with van der Waals surface area (Å²) in [4.78, 5) is 13.5. The van der Waals surface area contributed by atoms with Gasteiger partial charge in [0.1, 0.15) is 5.82 Å². The summed E-state index contributed by atoms with van der Waals surface area (Å²) in [6, 6.07) is 4.76. The van der Waals surface area contributed by atoms with E-state index in [-0.39, 0.29) is 11.6 Å². The Bertz CT molecular complexity index is 419. The SMILES string of the molecule is O=C(CI)c1ccc(N2CCNCC2)c(F)c1. The molecule has 0 unspecified atom stereocenters. The Morgan fingerprint density at radius 2 is 2.12 bits per heavy atom. The number of rotatable bonds is 3. The van der Waals surface area contributed by atoms with Crippen LogP contribution in [0.1, 0.15) is 10.4 Å². The fraction of sp³-hybridized carbons (Fsp3) is 0.417. The molecule has 0 atom stereocenters. The van der Waals surface area contributed by atoms with E-state index in [2.05, 4.69) is 5.32 Å². The summed E-state index contributed by atoms with van der Waals surface area (Å²) in [6.07, 6.45) is 0. The van der Waals surface area contributed by atoms with Crippen molar-refractivity contribution in [3.8, 4) is 0 Å². The highest BCUT2D eigenvalue weighted by Gasteiger charge is 2.15. The first-order valence-corrected chi connectivity index (χ1v) is 7.09. The molecule has 1 fully saturated rings. The van der Waals surface area contributed by atoms with Crippen molar-refractivity contribution in [3.05, 3.63) is 29.6 Å². The number of anilines is 1. The van der Waals surface area contributed by atoms with Gasteiger partial charge in [0.25, 0.3) is 0 Å². The first-order chi connectivity index (χ1) is 8.22. The lowest BCUT2D eigenvalue weighted by Gasteiger charge is -2.29. The summed E-state index contributed by atoms with van der Waals surface area (Å²) in [5, 5.41) is 3.22. The van der Waals surface area contributed by atoms with E-state index in [1.54, 1.807) is 12.1 Å². The highest BCUT2D eigenvalue weighted by molar-refractivity contribution is 14.1. The third-order valence-electron chi connectivity index (χ3n) is 2.85. The largest absolute Gasteiger partial charge is 0.367 e. The van der Waals surface area contributed by atoms with Crippen LogP contribution in [0.25, 0.3) is 0 Å². The van der Waals surface area contributed by atoms with E-state index in [0.29, 0.717) is 15.7 Å². The Morgan fingerprint density at radius 1 is 1.41 bits per heavy atom. The van der Waals surface area contributed by atoms with Gasteiger partial charge in [-0.2, -0.15) is 0 Å². The van der Waals surface area contributed by atoms with Crippen molar-refractivity contribution in [1.29, 1.82) is 0 Å². The van der Waals surface area contributed by atoms with Crippen LogP contribution in [-0.2, 0) is 0 Å². The first-order valence-electron chi connectivity index (χ1n) is 5.57. The van der Waals surface area contributed by atoms with E-state index in [1.165, 1.54) is 6.07 Å². The standard InChI is InChI=1S/C12H14FIN2O/c13-10-7-9(12(17)8-14)1-2-11(10)16-5-3-15-4-6-16/h1-2,7,15H,3-6,8H2. The van der Waals surface area contributed by atoms with Crippen LogP contribution in [0.2, 0.25) is 0 Å². The molecule has 0 bridgehead atoms. The molecule has 5 heteroatoms. The predicted octanol–water partition coefficient (Wildman–Crippen LogP) is 1.85. The minimum absolute atomic E-state index is 0.0311. The van der Waals surface area contributed by atoms with Gasteiger partial charge in [-0.25, -0.2) is 4.39 Å². The number of hydrogen-bond donors (Lipinski definition) is 1. The van der Waals surface area contributed by atoms with Gasteiger partial charge < -0.3 is 10.2 Å². The number of benzene rings is 1. The summed E-state index contributed by atoms with van der Waals surface area (Å²) >= 11 is 1.99. The van der Waals surface area contributed by atoms with Crippen molar-refractivity contribution < 1.29 is 9.18 Å². The van der Waals surface area contributed by atoms with Crippen molar-refractivity contribution >= 4 is 34.1 Å². The van der Waals surface area contributed by atoms with Crippen molar-refractivity contribution in [1.82, 2.24) is 5.32 Å². The number of hydrogen-bond acceptors (Lipinski definition) is 3. The molecule has 17 heavy (non-hydrogen) atoms. The van der Waals surface area contributed by atoms with Crippen LogP contribution < -0.4 is 10.2 Å². The second-order valence-corrected chi connectivity index (χ2v) is 4.72. The fourth-order valence-corrected chi connectivity index (χ4v) is 2.36. The number of ketones is 1. The van der Waals surface area contributed by atoms with Crippen molar-refractivity contribution in [2.24, 2.45) is 0 Å². The van der Waals surface area contributed by atoms with Crippen LogP contribution in [0.15, 0.2) is 18.2 Å². The zero-order valence-electron chi connectivity index (χ0n) is 9.38. The molecule has 1 aromatic rings. The topological polar surface area (TPSA) is 32.3 Å². The number of carbonyl (C=O) groups is 1. The minimum atomic E-state index is -0.303. The zero-order valence-corrected chi connectivity index (χ0v) is 11.5. The van der Waals surface area contributed by atoms with E-state index in [1.807, 2.05) is 27.5 Å². The maximum Gasteiger partial charge on any atom is 0.172 e. The Kier molecular flexibility index (Phi) is 4.33. The lowest BCUT2D eigenvalue weighted by molar-refractivity contribution is 0.102. The third kappa shape index (κ3) is 2.95. The van der Waals surface area contributed by atoms with Gasteiger partial charge in [0, 0.05) is 31.7 Å². The van der Waals surface area contributed by atoms with Crippen LogP contribution >= 0.6 is 22.6 Å². The maximum absolute atomic E-state index is 13.9. The number of nitrogens with one attached hydrogen (secondary N) is 1. The molecular formula is C12H14FIN2O. The van der Waals surface area contributed by atoms with E-state index in [4.69, 9.17) is 0 Å². The number of Topliss-reactive ketones (excluding diaryl/α,β-unsaturated/α-hetero) is 1. The van der Waals surface area contributed by atoms with Gasteiger partial charge in [-0.15, -0.1) is 0 Å². The molecule has 0 aliphatic carbocycles. The number of halogens is 2. The first kappa shape index (κ1) is 12.8. The van der Waals surface area contributed by atoms with Gasteiger partial charge >= 0.3 is 0 Å². The van der Waals surface area contributed by atoms with Gasteiger partial charge in [-0.3, -0.25) is 4.79 Å². The molecule has 1 aliphatic rings. The number of piperazine rings is 1. The Labute approximate surface area is 114 Å². The molecule has 0 spiro atoms. The molecular weight excluding hydrogens is 334 g/mol. The third-order valence-corrected chi connectivity index (χ3v) is 3.54. The van der Waals surface area contributed by atoms with E-state index in [9.17, 15) is 9.18 Å². The van der Waals surface area contributed by atoms with E-state index in [0.717, 1.165) is 26.2 Å². The molecule has 0 aromatic heterocycles. The second-order valence-electron chi connectivity index (χ2n) is 3.96. The number of carbonyl (C=O) groups excluding carboxylic acids is 1. The molecule has 1 N–H and O–H groups in total. The average Bonchev–Trinajstić information content (AvgIpc) is 2.38. The second kappa shape index (κ2) is 5.77. The number of alkyl halides is 1. The molecule has 92 valence electrons. The van der Waals surface area contributed by atoms with Crippen LogP contribution in [0.5, 0.6) is 0 Å². The van der Waals surface area contributed by atoms with E-state index < -0.39 is 0 Å². The summed E-state index contributed by atoms with van der Waals surface area (Å²) in [5.41, 5.74) is 1.05. The molecule has 0 radical (unpaired) electrons. The lowest BCUT2D eigenvalue weighted by Crippen LogP contribution is -2.43. The smallest absolute Gasteiger partial charge is 0.172 e. The average molecular weight is 348 g/mol. The van der Waals surface area contributed by atoms with Crippen LogP contribution in [0, 0.1) is 5.82 Å². The quantitative estimate of drug-likeness (QED) is 0.514. The van der Waals surface area contributed by atoms with Crippen molar-refractivity contribution in [2.75, 3.05) is 35.5 Å². The van der Waals surface area contributed by atoms with Gasteiger partial charge in [-0.1, -0.05) is 22.6 Å². The molecule has 1 aliphatic heterocycles. The zero-order chi connectivity index (χ0) is 12.3. The van der Waals surface area contributed by atoms with Crippen molar-refractivity contribution in [2.45, 2.75) is 0 Å². The normalized spacial score (nSPS) is 16.0. The molecule has 1 saturated heterocycles. The molecule has 2 rings (SSSR count). The maximum atomic E-state index is 13.9. The highest BCUT2D eigenvalue weighted by Crippen LogP contribution is 2.21. The van der Waals surface area contributed by atoms with Gasteiger partial charge in [-0.05, 0) is 18.2 Å². The Morgan fingerprint density at radius 3 is 2.71 bits per heavy atom. The van der Waals surface area contributed by atoms with Crippen molar-refractivity contribution in [3.63, 3.8) is 0 Å². The number of nitrogens with zero attached hydrogens (tertiary/aromatic N) is 1. The molecule has 3 nitrogen and oxygen atoms in total. The van der Waals surface area contributed by atoms with E-state index >= 15 is 0 Å².